The number of carbonyl (C=O) groups excluding carboxylic acids is 1. The molecule has 1 aromatic heterocycles. The van der Waals surface area contributed by atoms with Crippen LogP contribution in [0, 0.1) is 11.6 Å². The van der Waals surface area contributed by atoms with Crippen molar-refractivity contribution in [3.8, 4) is 0 Å². The minimum Gasteiger partial charge on any atom is -0.345 e. The SMILES string of the molecule is C[C@@H](N1CC=Cc2c(cn(C)c2C(=O)Nc2ccc(F)c(F)c2)S1(=O)=O)C(F)(F)F. The maximum atomic E-state index is 13.4. The largest absolute Gasteiger partial charge is 0.404 e. The molecule has 1 atom stereocenters. The van der Waals surface area contributed by atoms with E-state index in [1.807, 2.05) is 0 Å². The first-order valence-corrected chi connectivity index (χ1v) is 9.99. The second kappa shape index (κ2) is 7.51. The molecular formula is C18H16F5N3O3S. The molecular weight excluding hydrogens is 433 g/mol. The zero-order valence-electron chi connectivity index (χ0n) is 15.7. The van der Waals surface area contributed by atoms with Gasteiger partial charge in [0, 0.05) is 37.1 Å². The number of benzene rings is 1. The summed E-state index contributed by atoms with van der Waals surface area (Å²) in [5.41, 5.74) is -0.354. The van der Waals surface area contributed by atoms with E-state index in [0.717, 1.165) is 35.9 Å². The van der Waals surface area contributed by atoms with Crippen LogP contribution in [-0.4, -0.2) is 42.0 Å². The summed E-state index contributed by atoms with van der Waals surface area (Å²) < 4.78 is 93.1. The first kappa shape index (κ1) is 22.0. The van der Waals surface area contributed by atoms with E-state index in [9.17, 15) is 35.2 Å². The lowest BCUT2D eigenvalue weighted by Crippen LogP contribution is -2.46. The number of carbonyl (C=O) groups is 1. The van der Waals surface area contributed by atoms with Crippen LogP contribution in [0.25, 0.3) is 6.08 Å². The van der Waals surface area contributed by atoms with Gasteiger partial charge in [0.2, 0.25) is 10.0 Å². The predicted molar refractivity (Wildman–Crippen MR) is 98.2 cm³/mol. The fourth-order valence-electron chi connectivity index (χ4n) is 3.06. The van der Waals surface area contributed by atoms with Crippen LogP contribution in [0.5, 0.6) is 0 Å². The fourth-order valence-corrected chi connectivity index (χ4v) is 4.86. The van der Waals surface area contributed by atoms with Crippen molar-refractivity contribution in [1.29, 1.82) is 0 Å². The lowest BCUT2D eigenvalue weighted by atomic mass is 10.2. The minimum atomic E-state index is -4.78. The number of aromatic nitrogens is 1. The molecule has 0 saturated carbocycles. The number of sulfonamides is 1. The average molecular weight is 449 g/mol. The van der Waals surface area contributed by atoms with Crippen molar-refractivity contribution in [3.05, 3.63) is 53.4 Å². The average Bonchev–Trinajstić information content (AvgIpc) is 2.91. The number of rotatable bonds is 3. The Morgan fingerprint density at radius 1 is 1.20 bits per heavy atom. The zero-order chi connectivity index (χ0) is 22.4. The van der Waals surface area contributed by atoms with Crippen molar-refractivity contribution in [1.82, 2.24) is 8.87 Å². The summed E-state index contributed by atoms with van der Waals surface area (Å²) in [7, 11) is -3.24. The highest BCUT2D eigenvalue weighted by molar-refractivity contribution is 7.89. The van der Waals surface area contributed by atoms with Gasteiger partial charge >= 0.3 is 6.18 Å². The molecule has 12 heteroatoms. The molecule has 1 aliphatic rings. The minimum absolute atomic E-state index is 0.0818. The Bertz CT molecular complexity index is 1140. The summed E-state index contributed by atoms with van der Waals surface area (Å²) in [5, 5.41) is 2.32. The van der Waals surface area contributed by atoms with Gasteiger partial charge in [-0.3, -0.25) is 4.79 Å². The van der Waals surface area contributed by atoms with Crippen molar-refractivity contribution in [2.75, 3.05) is 11.9 Å². The van der Waals surface area contributed by atoms with Gasteiger partial charge in [-0.1, -0.05) is 12.2 Å². The van der Waals surface area contributed by atoms with E-state index in [1.54, 1.807) is 0 Å². The summed E-state index contributed by atoms with van der Waals surface area (Å²) in [4.78, 5) is 12.2. The number of hydrogen-bond acceptors (Lipinski definition) is 3. The Morgan fingerprint density at radius 3 is 2.47 bits per heavy atom. The summed E-state index contributed by atoms with van der Waals surface area (Å²) in [6, 6.07) is 0.376. The third-order valence-electron chi connectivity index (χ3n) is 4.64. The molecule has 0 bridgehead atoms. The molecule has 162 valence electrons. The van der Waals surface area contributed by atoms with Crippen LogP contribution in [0.1, 0.15) is 23.0 Å². The first-order chi connectivity index (χ1) is 13.8. The van der Waals surface area contributed by atoms with Gasteiger partial charge in [-0.2, -0.15) is 17.5 Å². The van der Waals surface area contributed by atoms with E-state index in [0.29, 0.717) is 4.31 Å². The van der Waals surface area contributed by atoms with Crippen molar-refractivity contribution < 1.29 is 35.2 Å². The third-order valence-corrected chi connectivity index (χ3v) is 6.60. The molecule has 1 amide bonds. The number of anilines is 1. The molecule has 6 nitrogen and oxygen atoms in total. The van der Waals surface area contributed by atoms with E-state index >= 15 is 0 Å². The maximum absolute atomic E-state index is 13.4. The number of nitrogens with zero attached hydrogens (tertiary/aromatic N) is 2. The molecule has 0 fully saturated rings. The van der Waals surface area contributed by atoms with Crippen LogP contribution < -0.4 is 5.32 Å². The smallest absolute Gasteiger partial charge is 0.345 e. The second-order valence-corrected chi connectivity index (χ2v) is 8.50. The van der Waals surface area contributed by atoms with Crippen molar-refractivity contribution in [3.63, 3.8) is 0 Å². The van der Waals surface area contributed by atoms with Gasteiger partial charge in [0.1, 0.15) is 16.6 Å². The van der Waals surface area contributed by atoms with E-state index in [-0.39, 0.29) is 16.9 Å². The lowest BCUT2D eigenvalue weighted by molar-refractivity contribution is -0.165. The Kier molecular flexibility index (Phi) is 5.50. The van der Waals surface area contributed by atoms with E-state index in [4.69, 9.17) is 0 Å². The molecule has 0 spiro atoms. The van der Waals surface area contributed by atoms with Gasteiger partial charge in [0.15, 0.2) is 11.6 Å². The molecule has 30 heavy (non-hydrogen) atoms. The van der Waals surface area contributed by atoms with Crippen LogP contribution in [0.15, 0.2) is 35.4 Å². The Labute approximate surface area is 168 Å². The topological polar surface area (TPSA) is 71.4 Å². The van der Waals surface area contributed by atoms with Crippen molar-refractivity contribution in [2.24, 2.45) is 7.05 Å². The molecule has 1 aliphatic heterocycles. The Morgan fingerprint density at radius 2 is 1.87 bits per heavy atom. The summed E-state index contributed by atoms with van der Waals surface area (Å²) in [6.07, 6.45) is -1.29. The highest BCUT2D eigenvalue weighted by Crippen LogP contribution is 2.34. The molecule has 0 saturated heterocycles. The molecule has 3 rings (SSSR count). The maximum Gasteiger partial charge on any atom is 0.404 e. The van der Waals surface area contributed by atoms with Crippen LogP contribution in [0.4, 0.5) is 27.6 Å². The van der Waals surface area contributed by atoms with Gasteiger partial charge in [0.05, 0.1) is 0 Å². The molecule has 2 aromatic rings. The molecule has 1 aromatic carbocycles. The van der Waals surface area contributed by atoms with Gasteiger partial charge in [-0.05, 0) is 19.1 Å². The Balaban J connectivity index is 2.03. The number of nitrogens with one attached hydrogen (secondary N) is 1. The highest BCUT2D eigenvalue weighted by Gasteiger charge is 2.46. The van der Waals surface area contributed by atoms with Crippen LogP contribution in [-0.2, 0) is 17.1 Å². The third kappa shape index (κ3) is 3.84. The van der Waals surface area contributed by atoms with Crippen LogP contribution >= 0.6 is 0 Å². The molecule has 1 N–H and O–H groups in total. The highest BCUT2D eigenvalue weighted by atomic mass is 32.2. The number of fused-ring (bicyclic) bond motifs is 1. The monoisotopic (exact) mass is 449 g/mol. The first-order valence-electron chi connectivity index (χ1n) is 8.55. The quantitative estimate of drug-likeness (QED) is 0.729. The number of amides is 1. The molecule has 0 aliphatic carbocycles. The zero-order valence-corrected chi connectivity index (χ0v) is 16.5. The van der Waals surface area contributed by atoms with Gasteiger partial charge in [-0.15, -0.1) is 0 Å². The Hall–Kier alpha value is -2.73. The number of aryl methyl sites for hydroxylation is 1. The summed E-state index contributed by atoms with van der Waals surface area (Å²) in [6.45, 7) is 0.196. The van der Waals surface area contributed by atoms with E-state index in [2.05, 4.69) is 5.32 Å². The van der Waals surface area contributed by atoms with Crippen LogP contribution in [0.2, 0.25) is 0 Å². The lowest BCUT2D eigenvalue weighted by Gasteiger charge is -2.27. The molecule has 0 unspecified atom stereocenters. The van der Waals surface area contributed by atoms with Crippen molar-refractivity contribution >= 4 is 27.7 Å². The number of halogens is 5. The van der Waals surface area contributed by atoms with E-state index < -0.39 is 51.2 Å². The number of alkyl halides is 3. The van der Waals surface area contributed by atoms with Gasteiger partial charge in [-0.25, -0.2) is 17.2 Å². The number of hydrogen-bond donors (Lipinski definition) is 1. The standard InChI is InChI=1S/C18H16F5N3O3S/c1-10(18(21,22)23)26-7-3-4-12-15(30(26,28)29)9-25(2)16(12)17(27)24-11-5-6-13(19)14(20)8-11/h3-6,8-10H,7H2,1-2H3,(H,24,27)/t10-/m1/s1. The van der Waals surface area contributed by atoms with Gasteiger partial charge in [0.25, 0.3) is 5.91 Å². The predicted octanol–water partition coefficient (Wildman–Crippen LogP) is 3.52. The molecule has 0 radical (unpaired) electrons. The summed E-state index contributed by atoms with van der Waals surface area (Å²) in [5.74, 6) is -3.16. The van der Waals surface area contributed by atoms with Gasteiger partial charge < -0.3 is 9.88 Å². The molecule has 2 heterocycles. The summed E-state index contributed by atoms with van der Waals surface area (Å²) >= 11 is 0. The fraction of sp³-hybridized carbons (Fsp3) is 0.278. The van der Waals surface area contributed by atoms with Crippen LogP contribution in [0.3, 0.4) is 0 Å². The van der Waals surface area contributed by atoms with Crippen molar-refractivity contribution in [2.45, 2.75) is 24.0 Å². The normalized spacial score (nSPS) is 17.3. The van der Waals surface area contributed by atoms with E-state index in [1.165, 1.54) is 19.2 Å². The second-order valence-electron chi connectivity index (χ2n) is 6.64.